The highest BCUT2D eigenvalue weighted by atomic mass is 16.6. The number of nitro benzene ring substituents is 1. The molecule has 0 atom stereocenters. The van der Waals surface area contributed by atoms with E-state index in [0.29, 0.717) is 22.4 Å². The highest BCUT2D eigenvalue weighted by Gasteiger charge is 2.16. The molecular formula is C19H17N3O5. The van der Waals surface area contributed by atoms with Crippen molar-refractivity contribution in [3.63, 3.8) is 0 Å². The Balaban J connectivity index is 2.10. The van der Waals surface area contributed by atoms with Gasteiger partial charge in [-0.2, -0.15) is 0 Å². The number of nitrogens with zero attached hydrogens (tertiary/aromatic N) is 3. The molecule has 27 heavy (non-hydrogen) atoms. The molecule has 0 saturated carbocycles. The molecule has 0 aliphatic heterocycles. The summed E-state index contributed by atoms with van der Waals surface area (Å²) in [6.45, 7) is 1.60. The van der Waals surface area contributed by atoms with Crippen molar-refractivity contribution in [2.45, 2.75) is 6.92 Å². The molecule has 8 nitrogen and oxygen atoms in total. The molecule has 138 valence electrons. The smallest absolute Gasteiger partial charge is 0.276 e. The normalized spacial score (nSPS) is 11.1. The van der Waals surface area contributed by atoms with Crippen LogP contribution >= 0.6 is 0 Å². The van der Waals surface area contributed by atoms with Crippen LogP contribution in [0.2, 0.25) is 0 Å². The van der Waals surface area contributed by atoms with Gasteiger partial charge in [-0.25, -0.2) is 0 Å². The Morgan fingerprint density at radius 2 is 1.59 bits per heavy atom. The maximum atomic E-state index is 11.1. The van der Waals surface area contributed by atoms with Gasteiger partial charge in [-0.05, 0) is 13.0 Å². The summed E-state index contributed by atoms with van der Waals surface area (Å²) in [4.78, 5) is 10.6. The number of aryl methyl sites for hydroxylation is 1. The van der Waals surface area contributed by atoms with Gasteiger partial charge in [0.25, 0.3) is 5.69 Å². The van der Waals surface area contributed by atoms with Crippen molar-refractivity contribution in [2.75, 3.05) is 14.2 Å². The summed E-state index contributed by atoms with van der Waals surface area (Å²) in [5.74, 6) is 0.722. The molecule has 0 aromatic heterocycles. The number of hydrogen-bond acceptors (Lipinski definition) is 7. The van der Waals surface area contributed by atoms with Gasteiger partial charge in [0.15, 0.2) is 11.5 Å². The Hall–Kier alpha value is -3.68. The minimum atomic E-state index is -0.487. The minimum Gasteiger partial charge on any atom is -0.505 e. The lowest BCUT2D eigenvalue weighted by molar-refractivity contribution is -0.385. The van der Waals surface area contributed by atoms with E-state index in [2.05, 4.69) is 10.2 Å². The van der Waals surface area contributed by atoms with Crippen LogP contribution in [0.25, 0.3) is 10.8 Å². The predicted octanol–water partition coefficient (Wildman–Crippen LogP) is 5.19. The molecule has 0 bridgehead atoms. The van der Waals surface area contributed by atoms with E-state index in [9.17, 15) is 15.2 Å². The Morgan fingerprint density at radius 3 is 2.22 bits per heavy atom. The zero-order valence-electron chi connectivity index (χ0n) is 15.0. The summed E-state index contributed by atoms with van der Waals surface area (Å²) < 4.78 is 10.5. The quantitative estimate of drug-likeness (QED) is 0.379. The zero-order valence-corrected chi connectivity index (χ0v) is 15.0. The number of benzene rings is 3. The fourth-order valence-corrected chi connectivity index (χ4v) is 2.77. The topological polar surface area (TPSA) is 107 Å². The number of ether oxygens (including phenoxy) is 2. The van der Waals surface area contributed by atoms with Crippen molar-refractivity contribution in [3.05, 3.63) is 58.1 Å². The minimum absolute atomic E-state index is 0.0345. The molecule has 3 rings (SSSR count). The summed E-state index contributed by atoms with van der Waals surface area (Å²) in [7, 11) is 2.92. The van der Waals surface area contributed by atoms with Crippen LogP contribution in [0.4, 0.5) is 17.1 Å². The Labute approximate surface area is 154 Å². The van der Waals surface area contributed by atoms with Gasteiger partial charge in [0.05, 0.1) is 25.2 Å². The lowest BCUT2D eigenvalue weighted by Crippen LogP contribution is -1.93. The molecule has 0 unspecified atom stereocenters. The highest BCUT2D eigenvalue weighted by molar-refractivity contribution is 5.97. The zero-order chi connectivity index (χ0) is 19.6. The van der Waals surface area contributed by atoms with Crippen molar-refractivity contribution in [1.82, 2.24) is 0 Å². The molecule has 1 N–H and O–H groups in total. The van der Waals surface area contributed by atoms with E-state index >= 15 is 0 Å². The second-order valence-electron chi connectivity index (χ2n) is 5.76. The first kappa shape index (κ1) is 18.1. The first-order chi connectivity index (χ1) is 13.0. The summed E-state index contributed by atoms with van der Waals surface area (Å²) >= 11 is 0. The summed E-state index contributed by atoms with van der Waals surface area (Å²) in [6, 6.07) is 11.6. The molecule has 0 aliphatic rings. The first-order valence-corrected chi connectivity index (χ1v) is 7.99. The van der Waals surface area contributed by atoms with Crippen LogP contribution in [0.1, 0.15) is 5.56 Å². The molecule has 0 saturated heterocycles. The van der Waals surface area contributed by atoms with E-state index in [-0.39, 0.29) is 22.9 Å². The molecular weight excluding hydrogens is 350 g/mol. The maximum absolute atomic E-state index is 11.1. The Bertz CT molecular complexity index is 1060. The largest absolute Gasteiger partial charge is 0.505 e. The molecule has 3 aromatic rings. The van der Waals surface area contributed by atoms with Crippen molar-refractivity contribution in [2.24, 2.45) is 10.2 Å². The van der Waals surface area contributed by atoms with Crippen LogP contribution in [0.3, 0.4) is 0 Å². The average molecular weight is 367 g/mol. The van der Waals surface area contributed by atoms with Crippen LogP contribution in [0.15, 0.2) is 52.7 Å². The predicted molar refractivity (Wildman–Crippen MR) is 101 cm³/mol. The lowest BCUT2D eigenvalue weighted by Gasteiger charge is -2.09. The summed E-state index contributed by atoms with van der Waals surface area (Å²) in [5, 5.41) is 31.1. The lowest BCUT2D eigenvalue weighted by atomic mass is 10.1. The van der Waals surface area contributed by atoms with Gasteiger partial charge in [0, 0.05) is 22.4 Å². The number of aromatic hydroxyl groups is 1. The second-order valence-corrected chi connectivity index (χ2v) is 5.76. The van der Waals surface area contributed by atoms with Crippen LogP contribution in [-0.4, -0.2) is 24.2 Å². The number of nitro groups is 1. The van der Waals surface area contributed by atoms with Crippen molar-refractivity contribution < 1.29 is 19.5 Å². The average Bonchev–Trinajstić information content (AvgIpc) is 2.67. The van der Waals surface area contributed by atoms with Gasteiger partial charge in [-0.15, -0.1) is 10.2 Å². The molecule has 8 heteroatoms. The first-order valence-electron chi connectivity index (χ1n) is 7.99. The van der Waals surface area contributed by atoms with Gasteiger partial charge >= 0.3 is 0 Å². The molecule has 0 radical (unpaired) electrons. The van der Waals surface area contributed by atoms with E-state index in [1.165, 1.54) is 26.4 Å². The van der Waals surface area contributed by atoms with E-state index in [4.69, 9.17) is 9.47 Å². The summed E-state index contributed by atoms with van der Waals surface area (Å²) in [5.41, 5.74) is 0.881. The van der Waals surface area contributed by atoms with Crippen LogP contribution in [-0.2, 0) is 0 Å². The van der Waals surface area contributed by atoms with E-state index in [0.717, 1.165) is 5.39 Å². The van der Waals surface area contributed by atoms with Crippen LogP contribution in [0, 0.1) is 17.0 Å². The number of hydrogen-bond donors (Lipinski definition) is 1. The van der Waals surface area contributed by atoms with Crippen LogP contribution < -0.4 is 9.47 Å². The molecule has 0 aliphatic carbocycles. The van der Waals surface area contributed by atoms with E-state index < -0.39 is 4.92 Å². The maximum Gasteiger partial charge on any atom is 0.276 e. The fourth-order valence-electron chi connectivity index (χ4n) is 2.77. The van der Waals surface area contributed by atoms with Crippen molar-refractivity contribution >= 4 is 27.8 Å². The number of rotatable bonds is 5. The number of methoxy groups -OCH3 is 2. The van der Waals surface area contributed by atoms with Crippen molar-refractivity contribution in [3.8, 4) is 17.2 Å². The monoisotopic (exact) mass is 367 g/mol. The van der Waals surface area contributed by atoms with Gasteiger partial charge < -0.3 is 14.6 Å². The number of phenolic OH excluding ortho intramolecular Hbond substituents is 1. The third-order valence-corrected chi connectivity index (χ3v) is 4.14. The van der Waals surface area contributed by atoms with Crippen molar-refractivity contribution in [1.29, 1.82) is 0 Å². The van der Waals surface area contributed by atoms with Gasteiger partial charge in [-0.3, -0.25) is 10.1 Å². The van der Waals surface area contributed by atoms with E-state index in [1.54, 1.807) is 25.1 Å². The van der Waals surface area contributed by atoms with Gasteiger partial charge in [-0.1, -0.05) is 24.3 Å². The highest BCUT2D eigenvalue weighted by Crippen LogP contribution is 2.42. The summed E-state index contributed by atoms with van der Waals surface area (Å²) in [6.07, 6.45) is 0. The Morgan fingerprint density at radius 1 is 0.963 bits per heavy atom. The molecule has 0 heterocycles. The molecule has 0 amide bonds. The number of phenols is 1. The van der Waals surface area contributed by atoms with Crippen LogP contribution in [0.5, 0.6) is 17.2 Å². The Kier molecular flexibility index (Phi) is 4.89. The fraction of sp³-hybridized carbons (Fsp3) is 0.158. The standard InChI is InChI=1S/C19H17N3O5/c1-11-8-14(18(27-3)10-16(11)22(24)25)20-21-15-9-17(26-2)12-6-4-5-7-13(12)19(15)23/h4-10,23H,1-3H3. The molecule has 0 fully saturated rings. The third kappa shape index (κ3) is 3.37. The third-order valence-electron chi connectivity index (χ3n) is 4.14. The van der Waals surface area contributed by atoms with Gasteiger partial charge in [0.2, 0.25) is 0 Å². The van der Waals surface area contributed by atoms with Gasteiger partial charge in [0.1, 0.15) is 17.1 Å². The molecule has 0 spiro atoms. The molecule has 3 aromatic carbocycles. The number of fused-ring (bicyclic) bond motifs is 1. The van der Waals surface area contributed by atoms with E-state index in [1.807, 2.05) is 12.1 Å². The SMILES string of the molecule is COc1cc([N+](=O)[O-])c(C)cc1N=Nc1cc(OC)c2ccccc2c1O. The number of azo groups is 1. The second kappa shape index (κ2) is 7.28.